The maximum Gasteiger partial charge on any atom is 0.330 e. The number of pyridine rings is 1. The summed E-state index contributed by atoms with van der Waals surface area (Å²) in [5.74, 6) is 0. The van der Waals surface area contributed by atoms with E-state index in [0.29, 0.717) is 13.1 Å². The molecule has 1 atom stereocenters. The Morgan fingerprint density at radius 3 is 2.96 bits per heavy atom. The second-order valence-electron chi connectivity index (χ2n) is 7.30. The smallest absolute Gasteiger partial charge is 0.323 e. The number of carbonyl (C=O) groups excluding carboxylic acids is 1. The maximum atomic E-state index is 12.0. The normalized spacial score (nSPS) is 20.8. The van der Waals surface area contributed by atoms with Gasteiger partial charge in [-0.25, -0.2) is 10.1 Å². The zero-order valence-electron chi connectivity index (χ0n) is 14.7. The molecule has 0 saturated carbocycles. The number of carbonyl (C=O) groups is 1. The number of amides is 2. The van der Waals surface area contributed by atoms with Crippen LogP contribution in [0.1, 0.15) is 18.5 Å². The van der Waals surface area contributed by atoms with E-state index in [0.717, 1.165) is 41.5 Å². The topological polar surface area (TPSA) is 86.8 Å². The van der Waals surface area contributed by atoms with Crippen molar-refractivity contribution in [3.05, 3.63) is 48.3 Å². The second kappa shape index (κ2) is 5.81. The van der Waals surface area contributed by atoms with Gasteiger partial charge in [0, 0.05) is 47.9 Å². The van der Waals surface area contributed by atoms with E-state index in [9.17, 15) is 4.79 Å². The quantitative estimate of drug-likeness (QED) is 0.535. The fraction of sp³-hybridized carbons (Fsp3) is 0.300. The van der Waals surface area contributed by atoms with Gasteiger partial charge in [-0.1, -0.05) is 18.2 Å². The van der Waals surface area contributed by atoms with Crippen LogP contribution in [-0.4, -0.2) is 38.8 Å². The Bertz CT molecular complexity index is 1100. The van der Waals surface area contributed by atoms with Crippen LogP contribution in [0, 0.1) is 11.5 Å². The Morgan fingerprint density at radius 2 is 2.07 bits per heavy atom. The average Bonchev–Trinajstić information content (AvgIpc) is 3.39. The molecule has 1 saturated heterocycles. The van der Waals surface area contributed by atoms with Crippen molar-refractivity contribution in [2.75, 3.05) is 13.1 Å². The monoisotopic (exact) mass is 358 g/mol. The number of aromatic nitrogens is 3. The Kier molecular flexibility index (Phi) is 3.41. The van der Waals surface area contributed by atoms with Gasteiger partial charge in [0.25, 0.3) is 0 Å². The molecule has 2 amide bonds. The van der Waals surface area contributed by atoms with Gasteiger partial charge in [0.1, 0.15) is 0 Å². The van der Waals surface area contributed by atoms with Gasteiger partial charge < -0.3 is 4.90 Å². The highest BCUT2D eigenvalue weighted by Gasteiger charge is 2.46. The average molecular weight is 358 g/mol. The number of hydrogen-bond acceptors (Lipinski definition) is 4. The highest BCUT2D eigenvalue weighted by Crippen LogP contribution is 2.43. The van der Waals surface area contributed by atoms with Gasteiger partial charge in [0.15, 0.2) is 6.19 Å². The summed E-state index contributed by atoms with van der Waals surface area (Å²) in [7, 11) is 0. The first-order valence-electron chi connectivity index (χ1n) is 9.06. The lowest BCUT2D eigenvalue weighted by molar-refractivity contribution is 0.210. The number of nitriles is 1. The van der Waals surface area contributed by atoms with Gasteiger partial charge in [-0.15, -0.1) is 0 Å². The van der Waals surface area contributed by atoms with Crippen LogP contribution in [0.15, 0.2) is 42.6 Å². The predicted molar refractivity (Wildman–Crippen MR) is 99.6 cm³/mol. The van der Waals surface area contributed by atoms with Crippen molar-refractivity contribution in [2.24, 2.45) is 0 Å². The van der Waals surface area contributed by atoms with Crippen LogP contribution in [0.3, 0.4) is 0 Å². The summed E-state index contributed by atoms with van der Waals surface area (Å²) in [4.78, 5) is 18.3. The van der Waals surface area contributed by atoms with Gasteiger partial charge in [0.2, 0.25) is 0 Å². The number of aryl methyl sites for hydroxylation is 1. The number of likely N-dealkylation sites (tertiary alicyclic amines) is 1. The molecule has 1 N–H and O–H groups in total. The molecule has 3 aromatic rings. The zero-order valence-corrected chi connectivity index (χ0v) is 14.7. The van der Waals surface area contributed by atoms with E-state index in [1.807, 2.05) is 24.4 Å². The molecule has 2 aliphatic rings. The molecule has 4 heterocycles. The van der Waals surface area contributed by atoms with Crippen molar-refractivity contribution >= 4 is 16.9 Å². The van der Waals surface area contributed by atoms with Crippen LogP contribution in [0.2, 0.25) is 0 Å². The van der Waals surface area contributed by atoms with Crippen molar-refractivity contribution in [3.8, 4) is 17.5 Å². The lowest BCUT2D eigenvalue weighted by atomic mass is 9.82. The van der Waals surface area contributed by atoms with Crippen LogP contribution in [0.25, 0.3) is 22.2 Å². The molecule has 1 spiro atoms. The number of urea groups is 1. The van der Waals surface area contributed by atoms with Gasteiger partial charge >= 0.3 is 6.03 Å². The minimum atomic E-state index is -0.314. The van der Waals surface area contributed by atoms with E-state index in [1.165, 1.54) is 5.69 Å². The molecule has 0 radical (unpaired) electrons. The minimum Gasteiger partial charge on any atom is -0.323 e. The summed E-state index contributed by atoms with van der Waals surface area (Å²) in [6.45, 7) is 2.14. The van der Waals surface area contributed by atoms with E-state index in [1.54, 1.807) is 11.1 Å². The molecule has 2 aromatic heterocycles. The Morgan fingerprint density at radius 1 is 1.22 bits per heavy atom. The third-order valence-corrected chi connectivity index (χ3v) is 5.82. The van der Waals surface area contributed by atoms with Gasteiger partial charge in [-0.2, -0.15) is 10.4 Å². The van der Waals surface area contributed by atoms with Crippen LogP contribution in [0.4, 0.5) is 4.79 Å². The van der Waals surface area contributed by atoms with Crippen LogP contribution >= 0.6 is 0 Å². The van der Waals surface area contributed by atoms with E-state index in [4.69, 9.17) is 10.4 Å². The van der Waals surface area contributed by atoms with Crippen molar-refractivity contribution in [3.63, 3.8) is 0 Å². The standard InChI is InChI=1S/C20H18N6O/c21-13-23-19(27)25-7-5-20(12-25)6-8-26-18(20)10-17(24-26)15-9-14-3-1-2-4-16(14)22-11-15/h1-4,9-11H,5-8,12H2,(H,23,27)/t20-/m0/s1. The summed E-state index contributed by atoms with van der Waals surface area (Å²) in [5, 5.41) is 16.8. The molecule has 0 aliphatic carbocycles. The first-order valence-corrected chi connectivity index (χ1v) is 9.06. The van der Waals surface area contributed by atoms with Gasteiger partial charge in [-0.05, 0) is 31.0 Å². The summed E-state index contributed by atoms with van der Waals surface area (Å²) < 4.78 is 2.07. The number of para-hydroxylation sites is 1. The zero-order chi connectivity index (χ0) is 18.4. The lowest BCUT2D eigenvalue weighted by Crippen LogP contribution is -2.38. The molecule has 1 fully saturated rings. The number of nitrogens with zero attached hydrogens (tertiary/aromatic N) is 5. The molecular formula is C20H18N6O. The van der Waals surface area contributed by atoms with E-state index < -0.39 is 0 Å². The summed E-state index contributed by atoms with van der Waals surface area (Å²) in [6.07, 6.45) is 5.46. The summed E-state index contributed by atoms with van der Waals surface area (Å²) >= 11 is 0. The Balaban J connectivity index is 1.47. The number of fused-ring (bicyclic) bond motifs is 3. The number of nitrogens with one attached hydrogen (secondary N) is 1. The molecule has 0 unspecified atom stereocenters. The molecule has 7 nitrogen and oxygen atoms in total. The molecule has 7 heteroatoms. The summed E-state index contributed by atoms with van der Waals surface area (Å²) in [5.41, 5.74) is 4.00. The predicted octanol–water partition coefficient (Wildman–Crippen LogP) is 2.64. The molecular weight excluding hydrogens is 340 g/mol. The molecule has 134 valence electrons. The number of rotatable bonds is 1. The van der Waals surface area contributed by atoms with Crippen molar-refractivity contribution in [2.45, 2.75) is 24.8 Å². The molecule has 27 heavy (non-hydrogen) atoms. The highest BCUT2D eigenvalue weighted by atomic mass is 16.2. The second-order valence-corrected chi connectivity index (χ2v) is 7.30. The van der Waals surface area contributed by atoms with E-state index in [-0.39, 0.29) is 11.4 Å². The minimum absolute atomic E-state index is 0.0671. The first-order chi connectivity index (χ1) is 13.2. The van der Waals surface area contributed by atoms with Gasteiger partial charge in [0.05, 0.1) is 11.2 Å². The van der Waals surface area contributed by atoms with Crippen LogP contribution < -0.4 is 5.32 Å². The van der Waals surface area contributed by atoms with Crippen molar-refractivity contribution in [1.82, 2.24) is 25.0 Å². The Hall–Kier alpha value is -3.40. The van der Waals surface area contributed by atoms with Crippen LogP contribution in [-0.2, 0) is 12.0 Å². The molecule has 1 aromatic carbocycles. The molecule has 5 rings (SSSR count). The fourth-order valence-corrected chi connectivity index (χ4v) is 4.40. The van der Waals surface area contributed by atoms with Crippen molar-refractivity contribution < 1.29 is 4.79 Å². The maximum absolute atomic E-state index is 12.0. The van der Waals surface area contributed by atoms with Crippen molar-refractivity contribution in [1.29, 1.82) is 5.26 Å². The van der Waals surface area contributed by atoms with E-state index >= 15 is 0 Å². The molecule has 2 aliphatic heterocycles. The fourth-order valence-electron chi connectivity index (χ4n) is 4.40. The number of benzene rings is 1. The SMILES string of the molecule is N#CNC(=O)N1CC[C@]2(CCn3nc(-c4cnc5ccccc5c4)cc32)C1. The summed E-state index contributed by atoms with van der Waals surface area (Å²) in [6, 6.07) is 12.0. The molecule has 0 bridgehead atoms. The van der Waals surface area contributed by atoms with Crippen LogP contribution in [0.5, 0.6) is 0 Å². The largest absolute Gasteiger partial charge is 0.330 e. The lowest BCUT2D eigenvalue weighted by Gasteiger charge is -2.22. The van der Waals surface area contributed by atoms with E-state index in [2.05, 4.69) is 33.2 Å². The van der Waals surface area contributed by atoms with Gasteiger partial charge in [-0.3, -0.25) is 9.67 Å². The highest BCUT2D eigenvalue weighted by molar-refractivity contribution is 5.82. The number of hydrogen-bond donors (Lipinski definition) is 1. The third-order valence-electron chi connectivity index (χ3n) is 5.82. The third kappa shape index (κ3) is 2.45. The first kappa shape index (κ1) is 15.8. The Labute approximate surface area is 156 Å².